The summed E-state index contributed by atoms with van der Waals surface area (Å²) in [5, 5.41) is 13.2. The van der Waals surface area contributed by atoms with E-state index >= 15 is 0 Å². The van der Waals surface area contributed by atoms with Gasteiger partial charge in [-0.2, -0.15) is 0 Å². The van der Waals surface area contributed by atoms with E-state index in [0.717, 1.165) is 11.5 Å². The van der Waals surface area contributed by atoms with E-state index in [4.69, 9.17) is 32.4 Å². The van der Waals surface area contributed by atoms with Crippen LogP contribution < -0.4 is 10.1 Å². The summed E-state index contributed by atoms with van der Waals surface area (Å²) in [7, 11) is 0. The van der Waals surface area contributed by atoms with Gasteiger partial charge in [-0.3, -0.25) is 9.36 Å². The molecule has 10 heteroatoms. The fourth-order valence-corrected chi connectivity index (χ4v) is 4.44. The van der Waals surface area contributed by atoms with Crippen molar-refractivity contribution in [2.24, 2.45) is 0 Å². The normalized spacial score (nSPS) is 10.9. The fraction of sp³-hybridized carbons (Fsp3) is 0.208. The molecule has 0 aliphatic rings. The van der Waals surface area contributed by atoms with Crippen LogP contribution in [0.3, 0.4) is 0 Å². The Balaban J connectivity index is 1.37. The van der Waals surface area contributed by atoms with Gasteiger partial charge in [-0.05, 0) is 48.9 Å². The van der Waals surface area contributed by atoms with Gasteiger partial charge in [0, 0.05) is 17.1 Å². The second kappa shape index (κ2) is 12.0. The number of thioether (sulfide) groups is 1. The minimum atomic E-state index is -0.112. The Labute approximate surface area is 211 Å². The van der Waals surface area contributed by atoms with Gasteiger partial charge in [0.05, 0.1) is 30.2 Å². The van der Waals surface area contributed by atoms with Crippen molar-refractivity contribution in [2.75, 3.05) is 12.4 Å². The van der Waals surface area contributed by atoms with E-state index in [1.807, 2.05) is 41.0 Å². The highest BCUT2D eigenvalue weighted by Crippen LogP contribution is 2.28. The van der Waals surface area contributed by atoms with E-state index in [0.29, 0.717) is 52.7 Å². The van der Waals surface area contributed by atoms with Gasteiger partial charge in [-0.25, -0.2) is 0 Å². The maximum Gasteiger partial charge on any atom is 0.230 e. The molecule has 4 rings (SSSR count). The van der Waals surface area contributed by atoms with Crippen molar-refractivity contribution >= 4 is 40.9 Å². The summed E-state index contributed by atoms with van der Waals surface area (Å²) in [6.07, 6.45) is 2.92. The zero-order valence-electron chi connectivity index (χ0n) is 18.1. The second-order valence-corrected chi connectivity index (χ2v) is 9.03. The van der Waals surface area contributed by atoms with E-state index in [1.54, 1.807) is 30.5 Å². The maximum atomic E-state index is 12.3. The predicted molar refractivity (Wildman–Crippen MR) is 133 cm³/mol. The number of aromatic nitrogens is 3. The highest BCUT2D eigenvalue weighted by molar-refractivity contribution is 7.99. The van der Waals surface area contributed by atoms with Gasteiger partial charge >= 0.3 is 0 Å². The van der Waals surface area contributed by atoms with Crippen molar-refractivity contribution in [3.63, 3.8) is 0 Å². The van der Waals surface area contributed by atoms with Crippen molar-refractivity contribution in [2.45, 2.75) is 24.5 Å². The largest absolute Gasteiger partial charge is 0.492 e. The molecule has 0 atom stereocenters. The first-order chi connectivity index (χ1) is 16.6. The lowest BCUT2D eigenvalue weighted by atomic mass is 10.2. The molecule has 1 amide bonds. The van der Waals surface area contributed by atoms with Crippen LogP contribution in [0.1, 0.15) is 18.0 Å². The van der Waals surface area contributed by atoms with Crippen molar-refractivity contribution in [3.8, 4) is 11.4 Å². The molecule has 2 heterocycles. The van der Waals surface area contributed by atoms with Crippen LogP contribution in [0.2, 0.25) is 10.0 Å². The van der Waals surface area contributed by atoms with Gasteiger partial charge in [-0.1, -0.05) is 53.2 Å². The summed E-state index contributed by atoms with van der Waals surface area (Å²) >= 11 is 13.4. The average Bonchev–Trinajstić information content (AvgIpc) is 3.51. The smallest absolute Gasteiger partial charge is 0.230 e. The molecule has 0 spiro atoms. The number of carbonyl (C=O) groups is 1. The number of rotatable bonds is 11. The Morgan fingerprint density at radius 3 is 2.71 bits per heavy atom. The van der Waals surface area contributed by atoms with E-state index in [1.165, 1.54) is 11.8 Å². The summed E-state index contributed by atoms with van der Waals surface area (Å²) < 4.78 is 13.0. The Morgan fingerprint density at radius 1 is 1.09 bits per heavy atom. The summed E-state index contributed by atoms with van der Waals surface area (Å²) in [5.74, 6) is 2.18. The Hall–Kier alpha value is -2.94. The number of para-hydroxylation sites is 1. The van der Waals surface area contributed by atoms with Crippen LogP contribution in [-0.4, -0.2) is 33.0 Å². The number of halogens is 2. The summed E-state index contributed by atoms with van der Waals surface area (Å²) in [5.41, 5.74) is 0.933. The first-order valence-electron chi connectivity index (χ1n) is 10.6. The average molecular weight is 517 g/mol. The number of aryl methyl sites for hydroxylation is 1. The molecule has 0 bridgehead atoms. The molecule has 0 saturated heterocycles. The number of benzene rings is 2. The number of amides is 1. The Kier molecular flexibility index (Phi) is 8.51. The van der Waals surface area contributed by atoms with Crippen molar-refractivity contribution in [3.05, 3.63) is 88.6 Å². The van der Waals surface area contributed by atoms with Gasteiger partial charge in [0.1, 0.15) is 17.3 Å². The zero-order chi connectivity index (χ0) is 23.8. The fourth-order valence-electron chi connectivity index (χ4n) is 3.18. The van der Waals surface area contributed by atoms with E-state index in [9.17, 15) is 4.79 Å². The Bertz CT molecular complexity index is 1220. The molecule has 34 heavy (non-hydrogen) atoms. The molecule has 0 aliphatic carbocycles. The third-order valence-electron chi connectivity index (χ3n) is 4.78. The van der Waals surface area contributed by atoms with E-state index < -0.39 is 0 Å². The molecule has 4 aromatic rings. The second-order valence-electron chi connectivity index (χ2n) is 7.24. The number of carbonyl (C=O) groups excluding carboxylic acids is 1. The van der Waals surface area contributed by atoms with Crippen molar-refractivity contribution in [1.82, 2.24) is 20.1 Å². The molecule has 0 aliphatic heterocycles. The summed E-state index contributed by atoms with van der Waals surface area (Å²) in [6, 6.07) is 18.6. The third kappa shape index (κ3) is 6.56. The van der Waals surface area contributed by atoms with Crippen LogP contribution in [0.4, 0.5) is 0 Å². The van der Waals surface area contributed by atoms with E-state index in [-0.39, 0.29) is 11.7 Å². The maximum absolute atomic E-state index is 12.3. The number of nitrogens with one attached hydrogen (secondary N) is 1. The van der Waals surface area contributed by atoms with E-state index in [2.05, 4.69) is 15.5 Å². The minimum absolute atomic E-state index is 0.112. The molecule has 2 aromatic heterocycles. The molecule has 2 aromatic carbocycles. The molecule has 0 radical (unpaired) electrons. The SMILES string of the molecule is O=C(CSc1nnc(CCCOc2ccc(Cl)cc2Cl)n1-c1ccccc1)NCc1ccco1. The van der Waals surface area contributed by atoms with Gasteiger partial charge in [0.25, 0.3) is 0 Å². The standard InChI is InChI=1S/C24H22Cl2N4O3S/c25-17-10-11-21(20(26)14-17)33-13-5-9-22-28-29-24(30(22)18-6-2-1-3-7-18)34-16-23(31)27-15-19-8-4-12-32-19/h1-4,6-8,10-12,14H,5,9,13,15-16H2,(H,27,31). The summed E-state index contributed by atoms with van der Waals surface area (Å²) in [4.78, 5) is 12.3. The van der Waals surface area contributed by atoms with Gasteiger partial charge in [0.15, 0.2) is 5.16 Å². The first kappa shape index (κ1) is 24.2. The third-order valence-corrected chi connectivity index (χ3v) is 6.24. The quantitative estimate of drug-likeness (QED) is 0.206. The lowest BCUT2D eigenvalue weighted by Gasteiger charge is -2.11. The van der Waals surface area contributed by atoms with Crippen LogP contribution in [0.5, 0.6) is 5.75 Å². The molecule has 176 valence electrons. The zero-order valence-corrected chi connectivity index (χ0v) is 20.4. The van der Waals surface area contributed by atoms with Crippen LogP contribution >= 0.6 is 35.0 Å². The lowest BCUT2D eigenvalue weighted by molar-refractivity contribution is -0.118. The van der Waals surface area contributed by atoms with Gasteiger partial charge < -0.3 is 14.5 Å². The van der Waals surface area contributed by atoms with Gasteiger partial charge in [-0.15, -0.1) is 10.2 Å². The first-order valence-corrected chi connectivity index (χ1v) is 12.3. The number of hydrogen-bond acceptors (Lipinski definition) is 6. The molecule has 0 saturated carbocycles. The van der Waals surface area contributed by atoms with Crippen LogP contribution in [0.25, 0.3) is 5.69 Å². The highest BCUT2D eigenvalue weighted by Gasteiger charge is 2.16. The molecule has 0 fully saturated rings. The summed E-state index contributed by atoms with van der Waals surface area (Å²) in [6.45, 7) is 0.807. The topological polar surface area (TPSA) is 82.2 Å². The number of ether oxygens (including phenoxy) is 1. The van der Waals surface area contributed by atoms with Crippen LogP contribution in [0, 0.1) is 0 Å². The van der Waals surface area contributed by atoms with Crippen LogP contribution in [-0.2, 0) is 17.8 Å². The van der Waals surface area contributed by atoms with Crippen LogP contribution in [0.15, 0.2) is 76.5 Å². The molecular formula is C24H22Cl2N4O3S. The molecular weight excluding hydrogens is 495 g/mol. The van der Waals surface area contributed by atoms with Crippen molar-refractivity contribution in [1.29, 1.82) is 0 Å². The number of furan rings is 1. The molecule has 1 N–H and O–H groups in total. The predicted octanol–water partition coefficient (Wildman–Crippen LogP) is 5.59. The van der Waals surface area contributed by atoms with Crippen molar-refractivity contribution < 1.29 is 13.9 Å². The lowest BCUT2D eigenvalue weighted by Crippen LogP contribution is -2.24. The monoisotopic (exact) mass is 516 g/mol. The molecule has 7 nitrogen and oxygen atoms in total. The molecule has 0 unspecified atom stereocenters. The van der Waals surface area contributed by atoms with Gasteiger partial charge in [0.2, 0.25) is 5.91 Å². The number of nitrogens with zero attached hydrogens (tertiary/aromatic N) is 3. The highest BCUT2D eigenvalue weighted by atomic mass is 35.5. The Morgan fingerprint density at radius 2 is 1.94 bits per heavy atom. The number of hydrogen-bond donors (Lipinski definition) is 1. The minimum Gasteiger partial charge on any atom is -0.492 e.